The fourth-order valence-electron chi connectivity index (χ4n) is 2.02. The van der Waals surface area contributed by atoms with Gasteiger partial charge in [-0.1, -0.05) is 11.8 Å². The highest BCUT2D eigenvalue weighted by Gasteiger charge is 2.17. The monoisotopic (exact) mass is 284 g/mol. The number of carbonyl (C=O) groups excluding carboxylic acids is 1. The lowest BCUT2D eigenvalue weighted by molar-refractivity contribution is -0.122. The Morgan fingerprint density at radius 3 is 3.21 bits per heavy atom. The maximum atomic E-state index is 11.7. The molecule has 1 atom stereocenters. The topological polar surface area (TPSA) is 79.9 Å². The van der Waals surface area contributed by atoms with Gasteiger partial charge in [0.15, 0.2) is 0 Å². The highest BCUT2D eigenvalue weighted by Crippen LogP contribution is 2.16. The number of H-pyrrole nitrogens is 1. The van der Waals surface area contributed by atoms with E-state index in [-0.39, 0.29) is 5.91 Å². The second-order valence-electron chi connectivity index (χ2n) is 4.69. The minimum Gasteiger partial charge on any atom is -0.381 e. The molecule has 1 aliphatic heterocycles. The molecule has 0 spiro atoms. The molecule has 1 saturated heterocycles. The van der Waals surface area contributed by atoms with E-state index in [0.29, 0.717) is 18.9 Å². The Bertz CT molecular complexity index is 404. The van der Waals surface area contributed by atoms with Gasteiger partial charge in [0.2, 0.25) is 11.1 Å². The molecule has 19 heavy (non-hydrogen) atoms. The normalized spacial score (nSPS) is 19.3. The SMILES string of the molecule is Cc1nc(SCCNC(=O)C[C@@H]2CCCOC2)n[nH]1. The van der Waals surface area contributed by atoms with Crippen molar-refractivity contribution in [2.75, 3.05) is 25.5 Å². The van der Waals surface area contributed by atoms with Gasteiger partial charge in [0.1, 0.15) is 5.82 Å². The molecule has 2 rings (SSSR count). The highest BCUT2D eigenvalue weighted by atomic mass is 32.2. The molecule has 1 aliphatic rings. The zero-order valence-corrected chi connectivity index (χ0v) is 12.0. The lowest BCUT2D eigenvalue weighted by atomic mass is 9.98. The van der Waals surface area contributed by atoms with Gasteiger partial charge >= 0.3 is 0 Å². The Hall–Kier alpha value is -1.08. The van der Waals surface area contributed by atoms with E-state index in [1.54, 1.807) is 0 Å². The van der Waals surface area contributed by atoms with Crippen LogP contribution >= 0.6 is 11.8 Å². The molecule has 1 aromatic heterocycles. The first-order valence-corrected chi connectivity index (χ1v) is 7.59. The summed E-state index contributed by atoms with van der Waals surface area (Å²) in [7, 11) is 0. The number of aromatic nitrogens is 3. The molecule has 2 heterocycles. The van der Waals surface area contributed by atoms with Crippen LogP contribution in [0.2, 0.25) is 0 Å². The first kappa shape index (κ1) is 14.3. The molecular formula is C12H20N4O2S. The predicted molar refractivity (Wildman–Crippen MR) is 73.0 cm³/mol. The number of amides is 1. The summed E-state index contributed by atoms with van der Waals surface area (Å²) in [5.74, 6) is 2.09. The van der Waals surface area contributed by atoms with Crippen molar-refractivity contribution in [3.8, 4) is 0 Å². The van der Waals surface area contributed by atoms with Crippen LogP contribution in [-0.2, 0) is 9.53 Å². The first-order valence-electron chi connectivity index (χ1n) is 6.60. The number of nitrogens with zero attached hydrogens (tertiary/aromatic N) is 2. The number of ether oxygens (including phenoxy) is 1. The zero-order valence-electron chi connectivity index (χ0n) is 11.1. The minimum atomic E-state index is 0.113. The third kappa shape index (κ3) is 5.20. The van der Waals surface area contributed by atoms with Crippen LogP contribution < -0.4 is 5.32 Å². The van der Waals surface area contributed by atoms with E-state index >= 15 is 0 Å². The Labute approximate surface area is 117 Å². The van der Waals surface area contributed by atoms with Gasteiger partial charge < -0.3 is 10.1 Å². The Kier molecular flexibility index (Phi) is 5.65. The van der Waals surface area contributed by atoms with Gasteiger partial charge in [-0.05, 0) is 25.7 Å². The summed E-state index contributed by atoms with van der Waals surface area (Å²) < 4.78 is 5.36. The third-order valence-electron chi connectivity index (χ3n) is 2.96. The van der Waals surface area contributed by atoms with Gasteiger partial charge in [-0.3, -0.25) is 9.89 Å². The molecule has 0 saturated carbocycles. The lowest BCUT2D eigenvalue weighted by Gasteiger charge is -2.21. The van der Waals surface area contributed by atoms with Crippen molar-refractivity contribution in [3.63, 3.8) is 0 Å². The number of hydrogen-bond acceptors (Lipinski definition) is 5. The quantitative estimate of drug-likeness (QED) is 0.605. The Morgan fingerprint density at radius 1 is 1.63 bits per heavy atom. The molecule has 106 valence electrons. The van der Waals surface area contributed by atoms with Crippen molar-refractivity contribution in [2.45, 2.75) is 31.3 Å². The van der Waals surface area contributed by atoms with E-state index in [9.17, 15) is 4.79 Å². The average Bonchev–Trinajstić information content (AvgIpc) is 2.82. The van der Waals surface area contributed by atoms with Crippen LogP contribution in [-0.4, -0.2) is 46.6 Å². The largest absolute Gasteiger partial charge is 0.381 e. The predicted octanol–water partition coefficient (Wildman–Crippen LogP) is 1.14. The standard InChI is InChI=1S/C12H20N4O2S/c1-9-14-12(16-15-9)19-6-4-13-11(17)7-10-3-2-5-18-8-10/h10H,2-8H2,1H3,(H,13,17)(H,14,15,16)/t10-/m0/s1. The summed E-state index contributed by atoms with van der Waals surface area (Å²) in [5.41, 5.74) is 0. The summed E-state index contributed by atoms with van der Waals surface area (Å²) in [6, 6.07) is 0. The van der Waals surface area contributed by atoms with Crippen molar-refractivity contribution in [2.24, 2.45) is 5.92 Å². The molecule has 6 nitrogen and oxygen atoms in total. The van der Waals surface area contributed by atoms with Crippen LogP contribution in [0.5, 0.6) is 0 Å². The van der Waals surface area contributed by atoms with Crippen molar-refractivity contribution in [3.05, 3.63) is 5.82 Å². The van der Waals surface area contributed by atoms with E-state index in [2.05, 4.69) is 20.5 Å². The molecule has 2 N–H and O–H groups in total. The molecule has 0 radical (unpaired) electrons. The number of aryl methyl sites for hydroxylation is 1. The molecule has 1 amide bonds. The zero-order chi connectivity index (χ0) is 13.5. The average molecular weight is 284 g/mol. The van der Waals surface area contributed by atoms with E-state index in [1.165, 1.54) is 11.8 Å². The van der Waals surface area contributed by atoms with Crippen LogP contribution in [0.4, 0.5) is 0 Å². The number of rotatable bonds is 6. The molecule has 7 heteroatoms. The summed E-state index contributed by atoms with van der Waals surface area (Å²) in [6.45, 7) is 4.07. The van der Waals surface area contributed by atoms with Crippen LogP contribution in [0.15, 0.2) is 5.16 Å². The molecule has 1 fully saturated rings. The Balaban J connectivity index is 1.56. The van der Waals surface area contributed by atoms with Gasteiger partial charge in [0.25, 0.3) is 0 Å². The maximum absolute atomic E-state index is 11.7. The van der Waals surface area contributed by atoms with Crippen molar-refractivity contribution >= 4 is 17.7 Å². The maximum Gasteiger partial charge on any atom is 0.220 e. The molecule has 0 unspecified atom stereocenters. The van der Waals surface area contributed by atoms with Crippen molar-refractivity contribution < 1.29 is 9.53 Å². The molecule has 0 aliphatic carbocycles. The summed E-state index contributed by atoms with van der Waals surface area (Å²) in [6.07, 6.45) is 2.74. The lowest BCUT2D eigenvalue weighted by Crippen LogP contribution is -2.30. The van der Waals surface area contributed by atoms with Crippen LogP contribution in [0, 0.1) is 12.8 Å². The van der Waals surface area contributed by atoms with Gasteiger partial charge in [-0.2, -0.15) is 0 Å². The van der Waals surface area contributed by atoms with Gasteiger partial charge in [-0.15, -0.1) is 5.10 Å². The fourth-order valence-corrected chi connectivity index (χ4v) is 2.72. The highest BCUT2D eigenvalue weighted by molar-refractivity contribution is 7.99. The van der Waals surface area contributed by atoms with Gasteiger partial charge in [-0.25, -0.2) is 4.98 Å². The van der Waals surface area contributed by atoms with E-state index in [1.807, 2.05) is 6.92 Å². The van der Waals surface area contributed by atoms with E-state index < -0.39 is 0 Å². The smallest absolute Gasteiger partial charge is 0.220 e. The number of aromatic amines is 1. The summed E-state index contributed by atoms with van der Waals surface area (Å²) >= 11 is 1.54. The molecule has 0 aromatic carbocycles. The fraction of sp³-hybridized carbons (Fsp3) is 0.750. The second kappa shape index (κ2) is 7.49. The second-order valence-corrected chi connectivity index (χ2v) is 5.75. The van der Waals surface area contributed by atoms with Gasteiger partial charge in [0.05, 0.1) is 0 Å². The minimum absolute atomic E-state index is 0.113. The number of nitrogens with one attached hydrogen (secondary N) is 2. The summed E-state index contributed by atoms with van der Waals surface area (Å²) in [4.78, 5) is 15.9. The van der Waals surface area contributed by atoms with E-state index in [4.69, 9.17) is 4.74 Å². The number of carbonyl (C=O) groups is 1. The molecule has 0 bridgehead atoms. The first-order chi connectivity index (χ1) is 9.24. The van der Waals surface area contributed by atoms with Crippen molar-refractivity contribution in [1.29, 1.82) is 0 Å². The Morgan fingerprint density at radius 2 is 2.53 bits per heavy atom. The summed E-state index contributed by atoms with van der Waals surface area (Å²) in [5, 5.41) is 10.5. The van der Waals surface area contributed by atoms with Gasteiger partial charge in [0, 0.05) is 31.9 Å². The van der Waals surface area contributed by atoms with E-state index in [0.717, 1.165) is 42.8 Å². The molecule has 1 aromatic rings. The number of hydrogen-bond donors (Lipinski definition) is 2. The van der Waals surface area contributed by atoms with Crippen molar-refractivity contribution in [1.82, 2.24) is 20.5 Å². The molecular weight excluding hydrogens is 264 g/mol. The van der Waals surface area contributed by atoms with Crippen LogP contribution in [0.3, 0.4) is 0 Å². The third-order valence-corrected chi connectivity index (χ3v) is 3.81. The number of thioether (sulfide) groups is 1. The van der Waals surface area contributed by atoms with Crippen LogP contribution in [0.1, 0.15) is 25.1 Å². The van der Waals surface area contributed by atoms with Crippen LogP contribution in [0.25, 0.3) is 0 Å².